The molecule has 0 aliphatic rings. The van der Waals surface area contributed by atoms with Gasteiger partial charge in [-0.1, -0.05) is 43.7 Å². The minimum absolute atomic E-state index is 0.202. The molecule has 0 atom stereocenters. The summed E-state index contributed by atoms with van der Waals surface area (Å²) >= 11 is 0. The monoisotopic (exact) mass is 415 g/mol. The topological polar surface area (TPSA) is 95.6 Å². The first kappa shape index (κ1) is 22.3. The fourth-order valence-corrected chi connectivity index (χ4v) is 4.03. The second kappa shape index (κ2) is 9.99. The normalized spacial score (nSPS) is 11.6. The number of nitrogens with zero attached hydrogens (tertiary/aromatic N) is 1. The highest BCUT2D eigenvalue weighted by molar-refractivity contribution is 7.89. The van der Waals surface area contributed by atoms with Crippen LogP contribution in [0, 0.1) is 6.92 Å². The molecule has 2 N–H and O–H groups in total. The van der Waals surface area contributed by atoms with E-state index in [4.69, 9.17) is 0 Å². The van der Waals surface area contributed by atoms with Crippen LogP contribution in [-0.2, 0) is 14.8 Å². The predicted molar refractivity (Wildman–Crippen MR) is 112 cm³/mol. The van der Waals surface area contributed by atoms with E-state index in [9.17, 15) is 18.0 Å². The number of carbonyl (C=O) groups excluding carboxylic acids is 2. The summed E-state index contributed by atoms with van der Waals surface area (Å²) in [6.07, 6.45) is 2.78. The number of carbonyl (C=O) groups is 2. The molecule has 0 aliphatic carbocycles. The number of nitrogens with one attached hydrogen (secondary N) is 2. The molecule has 2 rings (SSSR count). The van der Waals surface area contributed by atoms with Gasteiger partial charge in [0.05, 0.1) is 4.90 Å². The summed E-state index contributed by atoms with van der Waals surface area (Å²) in [6.45, 7) is 6.28. The maximum Gasteiger partial charge on any atom is 0.269 e. The lowest BCUT2D eigenvalue weighted by Gasteiger charge is -2.18. The van der Waals surface area contributed by atoms with Crippen LogP contribution < -0.4 is 10.9 Å². The van der Waals surface area contributed by atoms with Crippen molar-refractivity contribution in [1.29, 1.82) is 0 Å². The minimum Gasteiger partial charge on any atom is -0.268 e. The summed E-state index contributed by atoms with van der Waals surface area (Å²) in [5.41, 5.74) is 6.76. The van der Waals surface area contributed by atoms with Gasteiger partial charge in [-0.2, -0.15) is 4.31 Å². The molecule has 7 nitrogen and oxygen atoms in total. The molecular formula is C21H25N3O4S. The first-order valence-corrected chi connectivity index (χ1v) is 10.7. The second-order valence-electron chi connectivity index (χ2n) is 6.30. The number of hydrogen-bond donors (Lipinski definition) is 2. The summed E-state index contributed by atoms with van der Waals surface area (Å²) in [5.74, 6) is -0.928. The molecule has 0 unspecified atom stereocenters. The number of aryl methyl sites for hydroxylation is 1. The Kier molecular flexibility index (Phi) is 7.69. The van der Waals surface area contributed by atoms with E-state index in [0.29, 0.717) is 24.2 Å². The van der Waals surface area contributed by atoms with E-state index in [2.05, 4.69) is 10.9 Å². The van der Waals surface area contributed by atoms with Crippen molar-refractivity contribution in [2.24, 2.45) is 0 Å². The molecule has 154 valence electrons. The average molecular weight is 416 g/mol. The van der Waals surface area contributed by atoms with Crippen LogP contribution in [0.2, 0.25) is 0 Å². The van der Waals surface area contributed by atoms with Gasteiger partial charge in [-0.15, -0.1) is 0 Å². The van der Waals surface area contributed by atoms with Gasteiger partial charge in [0.2, 0.25) is 10.0 Å². The molecule has 2 amide bonds. The lowest BCUT2D eigenvalue weighted by atomic mass is 10.1. The van der Waals surface area contributed by atoms with Crippen LogP contribution in [0.3, 0.4) is 0 Å². The first-order valence-electron chi connectivity index (χ1n) is 9.23. The number of hydrogen-bond acceptors (Lipinski definition) is 4. The van der Waals surface area contributed by atoms with Gasteiger partial charge in [0.1, 0.15) is 0 Å². The van der Waals surface area contributed by atoms with Crippen LogP contribution in [0.25, 0.3) is 6.08 Å². The van der Waals surface area contributed by atoms with Crippen molar-refractivity contribution in [3.63, 3.8) is 0 Å². The van der Waals surface area contributed by atoms with Crippen molar-refractivity contribution < 1.29 is 18.0 Å². The lowest BCUT2D eigenvalue weighted by molar-refractivity contribution is -0.117. The maximum atomic E-state index is 12.5. The van der Waals surface area contributed by atoms with Gasteiger partial charge in [0, 0.05) is 24.7 Å². The minimum atomic E-state index is -3.51. The highest BCUT2D eigenvalue weighted by Gasteiger charge is 2.20. The van der Waals surface area contributed by atoms with E-state index in [-0.39, 0.29) is 4.90 Å². The summed E-state index contributed by atoms with van der Waals surface area (Å²) in [6, 6.07) is 13.2. The van der Waals surface area contributed by atoms with E-state index in [1.807, 2.05) is 6.92 Å². The molecule has 0 bridgehead atoms. The fourth-order valence-electron chi connectivity index (χ4n) is 2.57. The van der Waals surface area contributed by atoms with E-state index in [1.54, 1.807) is 50.2 Å². The molecular weight excluding hydrogens is 390 g/mol. The second-order valence-corrected chi connectivity index (χ2v) is 8.24. The molecule has 0 radical (unpaired) electrons. The summed E-state index contributed by atoms with van der Waals surface area (Å²) < 4.78 is 26.3. The highest BCUT2D eigenvalue weighted by atomic mass is 32.2. The average Bonchev–Trinajstić information content (AvgIpc) is 2.72. The molecule has 0 aromatic heterocycles. The maximum absolute atomic E-state index is 12.5. The van der Waals surface area contributed by atoms with Gasteiger partial charge in [0.15, 0.2) is 0 Å². The van der Waals surface area contributed by atoms with Crippen LogP contribution in [0.1, 0.15) is 35.3 Å². The Bertz CT molecular complexity index is 978. The fraction of sp³-hybridized carbons (Fsp3) is 0.238. The molecule has 0 fully saturated rings. The zero-order valence-electron chi connectivity index (χ0n) is 16.7. The van der Waals surface area contributed by atoms with E-state index in [1.165, 1.54) is 28.6 Å². The van der Waals surface area contributed by atoms with Gasteiger partial charge >= 0.3 is 0 Å². The molecule has 0 heterocycles. The smallest absolute Gasteiger partial charge is 0.268 e. The van der Waals surface area contributed by atoms with Crippen LogP contribution in [-0.4, -0.2) is 37.6 Å². The van der Waals surface area contributed by atoms with Crippen molar-refractivity contribution in [3.05, 3.63) is 71.3 Å². The molecule has 0 saturated carbocycles. The third-order valence-electron chi connectivity index (χ3n) is 4.26. The molecule has 2 aromatic rings. The Morgan fingerprint density at radius 1 is 0.931 bits per heavy atom. The summed E-state index contributed by atoms with van der Waals surface area (Å²) in [5, 5.41) is 0. The number of rotatable bonds is 7. The van der Waals surface area contributed by atoms with Gasteiger partial charge in [-0.25, -0.2) is 8.42 Å². The third kappa shape index (κ3) is 6.00. The highest BCUT2D eigenvalue weighted by Crippen LogP contribution is 2.16. The molecule has 0 saturated heterocycles. The zero-order chi connectivity index (χ0) is 21.4. The SMILES string of the molecule is CCN(CC)S(=O)(=O)c1ccc(/C=C/C(=O)NNC(=O)c2ccc(C)cc2)cc1. The predicted octanol–water partition coefficient (Wildman–Crippen LogP) is 2.50. The van der Waals surface area contributed by atoms with Crippen molar-refractivity contribution in [2.75, 3.05) is 13.1 Å². The van der Waals surface area contributed by atoms with Crippen molar-refractivity contribution in [2.45, 2.75) is 25.7 Å². The van der Waals surface area contributed by atoms with Crippen LogP contribution >= 0.6 is 0 Å². The van der Waals surface area contributed by atoms with Gasteiger partial charge < -0.3 is 0 Å². The number of benzene rings is 2. The Hall–Kier alpha value is -2.97. The van der Waals surface area contributed by atoms with Gasteiger partial charge in [-0.3, -0.25) is 20.4 Å². The molecule has 0 aliphatic heterocycles. The van der Waals surface area contributed by atoms with Crippen molar-refractivity contribution >= 4 is 27.9 Å². The van der Waals surface area contributed by atoms with Crippen molar-refractivity contribution in [3.8, 4) is 0 Å². The van der Waals surface area contributed by atoms with Crippen LogP contribution in [0.15, 0.2) is 59.5 Å². The summed E-state index contributed by atoms with van der Waals surface area (Å²) in [7, 11) is -3.51. The van der Waals surface area contributed by atoms with Gasteiger partial charge in [0.25, 0.3) is 11.8 Å². The van der Waals surface area contributed by atoms with Gasteiger partial charge in [-0.05, 0) is 42.8 Å². The number of sulfonamides is 1. The largest absolute Gasteiger partial charge is 0.269 e. The number of amides is 2. The summed E-state index contributed by atoms with van der Waals surface area (Å²) in [4.78, 5) is 24.0. The zero-order valence-corrected chi connectivity index (χ0v) is 17.5. The van der Waals surface area contributed by atoms with Crippen LogP contribution in [0.5, 0.6) is 0 Å². The number of hydrazine groups is 1. The first-order chi connectivity index (χ1) is 13.8. The molecule has 8 heteroatoms. The van der Waals surface area contributed by atoms with E-state index < -0.39 is 21.8 Å². The molecule has 2 aromatic carbocycles. The Labute approximate surface area is 171 Å². The van der Waals surface area contributed by atoms with Crippen LogP contribution in [0.4, 0.5) is 0 Å². The van der Waals surface area contributed by atoms with E-state index >= 15 is 0 Å². The quantitative estimate of drug-likeness (QED) is 0.536. The van der Waals surface area contributed by atoms with Crippen molar-refractivity contribution in [1.82, 2.24) is 15.2 Å². The third-order valence-corrected chi connectivity index (χ3v) is 6.33. The Morgan fingerprint density at radius 2 is 1.52 bits per heavy atom. The lowest BCUT2D eigenvalue weighted by Crippen LogP contribution is -2.40. The molecule has 0 spiro atoms. The molecule has 29 heavy (non-hydrogen) atoms. The van der Waals surface area contributed by atoms with E-state index in [0.717, 1.165) is 5.56 Å². The standard InChI is InChI=1S/C21H25N3O4S/c1-4-24(5-2)29(27,28)19-13-8-17(9-14-19)10-15-20(25)22-23-21(26)18-11-6-16(3)7-12-18/h6-15H,4-5H2,1-3H3,(H,22,25)(H,23,26)/b15-10+. The Balaban J connectivity index is 1.94. The Morgan fingerprint density at radius 3 is 2.07 bits per heavy atom.